The maximum absolute atomic E-state index is 12.2. The van der Waals surface area contributed by atoms with Crippen LogP contribution in [0.2, 0.25) is 0 Å². The Morgan fingerprint density at radius 3 is 2.07 bits per heavy atom. The minimum absolute atomic E-state index is 0.137. The number of Topliss-reactive ketones (excluding diaryl/α,β-unsaturated/α-hetero) is 1. The second-order valence-corrected chi connectivity index (χ2v) is 5.41. The van der Waals surface area contributed by atoms with Gasteiger partial charge < -0.3 is 9.47 Å². The van der Waals surface area contributed by atoms with E-state index in [0.29, 0.717) is 0 Å². The second-order valence-electron chi connectivity index (χ2n) is 3.74. The molecular formula is C10H19ClO3S. The number of methoxy groups -OCH3 is 2. The van der Waals surface area contributed by atoms with E-state index < -0.39 is 10.5 Å². The van der Waals surface area contributed by atoms with Crippen molar-refractivity contribution in [2.75, 3.05) is 25.9 Å². The molecule has 0 aliphatic heterocycles. The number of rotatable bonds is 7. The molecule has 0 bridgehead atoms. The Bertz CT molecular complexity index is 215. The largest absolute Gasteiger partial charge is 0.339 e. The summed E-state index contributed by atoms with van der Waals surface area (Å²) in [4.78, 5) is 12.2. The molecule has 0 rings (SSSR count). The van der Waals surface area contributed by atoms with Crippen LogP contribution in [0, 0.1) is 5.41 Å². The van der Waals surface area contributed by atoms with Gasteiger partial charge in [-0.05, 0) is 5.75 Å². The van der Waals surface area contributed by atoms with Gasteiger partial charge in [0.05, 0.1) is 0 Å². The standard InChI is InChI=1S/C10H19ClO3S/c1-6-15-10(13-4,14-5)8(12)9(2,3)7-11/h6-7H2,1-5H3. The van der Waals surface area contributed by atoms with Gasteiger partial charge in [-0.15, -0.1) is 11.6 Å². The summed E-state index contributed by atoms with van der Waals surface area (Å²) < 4.78 is 10.4. The molecule has 0 aromatic rings. The van der Waals surface area contributed by atoms with Gasteiger partial charge in [0.1, 0.15) is 0 Å². The summed E-state index contributed by atoms with van der Waals surface area (Å²) in [7, 11) is 2.93. The van der Waals surface area contributed by atoms with Crippen LogP contribution in [0.1, 0.15) is 20.8 Å². The van der Waals surface area contributed by atoms with Gasteiger partial charge in [0, 0.05) is 25.5 Å². The molecule has 0 radical (unpaired) electrons. The summed E-state index contributed by atoms with van der Waals surface area (Å²) in [6.45, 7) is 5.51. The minimum Gasteiger partial charge on any atom is -0.339 e. The molecule has 0 atom stereocenters. The molecule has 0 amide bonds. The monoisotopic (exact) mass is 254 g/mol. The first-order valence-corrected chi connectivity index (χ1v) is 6.27. The van der Waals surface area contributed by atoms with Gasteiger partial charge in [0.25, 0.3) is 5.12 Å². The van der Waals surface area contributed by atoms with Gasteiger partial charge in [-0.25, -0.2) is 0 Å². The van der Waals surface area contributed by atoms with E-state index in [0.717, 1.165) is 5.75 Å². The van der Waals surface area contributed by atoms with Crippen molar-refractivity contribution >= 4 is 29.1 Å². The molecule has 3 nitrogen and oxygen atoms in total. The molecule has 5 heteroatoms. The number of halogens is 1. The van der Waals surface area contributed by atoms with E-state index in [1.165, 1.54) is 26.0 Å². The van der Waals surface area contributed by atoms with Gasteiger partial charge in [-0.2, -0.15) is 0 Å². The third-order valence-electron chi connectivity index (χ3n) is 2.10. The van der Waals surface area contributed by atoms with Crippen LogP contribution in [0.5, 0.6) is 0 Å². The van der Waals surface area contributed by atoms with Gasteiger partial charge in [0.2, 0.25) is 5.78 Å². The van der Waals surface area contributed by atoms with Crippen LogP contribution in [-0.4, -0.2) is 36.8 Å². The van der Waals surface area contributed by atoms with Crippen LogP contribution < -0.4 is 0 Å². The Morgan fingerprint density at radius 1 is 1.33 bits per heavy atom. The Labute approximate surface area is 101 Å². The fourth-order valence-electron chi connectivity index (χ4n) is 1.12. The van der Waals surface area contributed by atoms with Crippen LogP contribution in [0.15, 0.2) is 0 Å². The second kappa shape index (κ2) is 6.09. The number of ketones is 1. The van der Waals surface area contributed by atoms with E-state index in [9.17, 15) is 4.79 Å². The highest BCUT2D eigenvalue weighted by molar-refractivity contribution is 8.01. The molecule has 0 aromatic carbocycles. The van der Waals surface area contributed by atoms with E-state index in [1.54, 1.807) is 13.8 Å². The topological polar surface area (TPSA) is 35.5 Å². The van der Waals surface area contributed by atoms with Crippen molar-refractivity contribution in [2.24, 2.45) is 5.41 Å². The molecule has 0 spiro atoms. The summed E-state index contributed by atoms with van der Waals surface area (Å²) in [5.41, 5.74) is -0.657. The first kappa shape index (κ1) is 15.2. The predicted molar refractivity (Wildman–Crippen MR) is 64.4 cm³/mol. The summed E-state index contributed by atoms with van der Waals surface area (Å²) in [6, 6.07) is 0. The maximum atomic E-state index is 12.2. The number of thioether (sulfide) groups is 1. The number of carbonyl (C=O) groups excluding carboxylic acids is 1. The molecule has 0 fully saturated rings. The fourth-order valence-corrected chi connectivity index (χ4v) is 2.26. The lowest BCUT2D eigenvalue weighted by Gasteiger charge is -2.34. The predicted octanol–water partition coefficient (Wildman–Crippen LogP) is 2.52. The lowest BCUT2D eigenvalue weighted by atomic mass is 9.90. The van der Waals surface area contributed by atoms with E-state index in [-0.39, 0.29) is 11.7 Å². The quantitative estimate of drug-likeness (QED) is 0.517. The van der Waals surface area contributed by atoms with Crippen molar-refractivity contribution < 1.29 is 14.3 Å². The Hall–Kier alpha value is 0.230. The van der Waals surface area contributed by atoms with Crippen molar-refractivity contribution in [3.8, 4) is 0 Å². The minimum atomic E-state index is -1.23. The van der Waals surface area contributed by atoms with Gasteiger partial charge in [-0.3, -0.25) is 4.79 Å². The van der Waals surface area contributed by atoms with Crippen LogP contribution in [0.25, 0.3) is 0 Å². The Kier molecular flexibility index (Phi) is 6.18. The lowest BCUT2D eigenvalue weighted by Crippen LogP contribution is -2.47. The summed E-state index contributed by atoms with van der Waals surface area (Å²) in [6.07, 6.45) is 0. The van der Waals surface area contributed by atoms with Crippen molar-refractivity contribution in [2.45, 2.75) is 25.9 Å². The van der Waals surface area contributed by atoms with E-state index >= 15 is 0 Å². The first-order valence-electron chi connectivity index (χ1n) is 4.75. The van der Waals surface area contributed by atoms with E-state index in [1.807, 2.05) is 6.92 Å². The van der Waals surface area contributed by atoms with Gasteiger partial charge in [0.15, 0.2) is 0 Å². The van der Waals surface area contributed by atoms with Crippen molar-refractivity contribution in [3.63, 3.8) is 0 Å². The fraction of sp³-hybridized carbons (Fsp3) is 0.900. The molecule has 0 saturated carbocycles. The SMILES string of the molecule is CCSC(OC)(OC)C(=O)C(C)(C)CCl. The van der Waals surface area contributed by atoms with Crippen molar-refractivity contribution in [1.82, 2.24) is 0 Å². The highest BCUT2D eigenvalue weighted by atomic mass is 35.5. The number of carbonyl (C=O) groups is 1. The first-order chi connectivity index (χ1) is 6.90. The lowest BCUT2D eigenvalue weighted by molar-refractivity contribution is -0.176. The molecule has 0 aromatic heterocycles. The Balaban J connectivity index is 4.99. The molecule has 15 heavy (non-hydrogen) atoms. The molecule has 90 valence electrons. The summed E-state index contributed by atoms with van der Waals surface area (Å²) in [5.74, 6) is 0.831. The van der Waals surface area contributed by atoms with Gasteiger partial charge in [-0.1, -0.05) is 32.5 Å². The smallest absolute Gasteiger partial charge is 0.280 e. The molecule has 0 unspecified atom stereocenters. The molecule has 0 saturated heterocycles. The zero-order valence-corrected chi connectivity index (χ0v) is 11.5. The number of ether oxygens (including phenoxy) is 2. The number of hydrogen-bond donors (Lipinski definition) is 0. The molecule has 0 heterocycles. The average molecular weight is 255 g/mol. The third-order valence-corrected chi connectivity index (χ3v) is 3.95. The highest BCUT2D eigenvalue weighted by Gasteiger charge is 2.46. The Morgan fingerprint density at radius 2 is 1.80 bits per heavy atom. The van der Waals surface area contributed by atoms with Crippen LogP contribution in [0.3, 0.4) is 0 Å². The number of alkyl halides is 1. The normalized spacial score (nSPS) is 12.9. The zero-order valence-electron chi connectivity index (χ0n) is 9.93. The number of hydrogen-bond acceptors (Lipinski definition) is 4. The summed E-state index contributed by atoms with van der Waals surface area (Å²) in [5, 5.41) is -1.23. The van der Waals surface area contributed by atoms with Gasteiger partial charge >= 0.3 is 0 Å². The van der Waals surface area contributed by atoms with Crippen LogP contribution in [0.4, 0.5) is 0 Å². The molecule has 0 aliphatic carbocycles. The highest BCUT2D eigenvalue weighted by Crippen LogP contribution is 2.35. The molecule has 0 aliphatic rings. The third kappa shape index (κ3) is 3.34. The van der Waals surface area contributed by atoms with Crippen LogP contribution >= 0.6 is 23.4 Å². The zero-order chi connectivity index (χ0) is 12.1. The van der Waals surface area contributed by atoms with E-state index in [4.69, 9.17) is 21.1 Å². The molecular weight excluding hydrogens is 236 g/mol. The maximum Gasteiger partial charge on any atom is 0.280 e. The van der Waals surface area contributed by atoms with E-state index in [2.05, 4.69) is 0 Å². The van der Waals surface area contributed by atoms with Crippen molar-refractivity contribution in [1.29, 1.82) is 0 Å². The summed E-state index contributed by atoms with van der Waals surface area (Å²) >= 11 is 7.09. The molecule has 0 N–H and O–H groups in total. The van der Waals surface area contributed by atoms with Crippen molar-refractivity contribution in [3.05, 3.63) is 0 Å². The average Bonchev–Trinajstić information content (AvgIpc) is 2.25. The van der Waals surface area contributed by atoms with Crippen LogP contribution in [-0.2, 0) is 14.3 Å².